The van der Waals surface area contributed by atoms with Crippen LogP contribution in [0.3, 0.4) is 0 Å². The van der Waals surface area contributed by atoms with E-state index >= 15 is 0 Å². The molecule has 2 N–H and O–H groups in total. The van der Waals surface area contributed by atoms with E-state index in [4.69, 9.17) is 9.47 Å². The summed E-state index contributed by atoms with van der Waals surface area (Å²) in [5.74, 6) is 0.701. The van der Waals surface area contributed by atoms with E-state index in [2.05, 4.69) is 24.4 Å². The third-order valence-electron chi connectivity index (χ3n) is 4.62. The third kappa shape index (κ3) is 5.45. The molecule has 0 aliphatic carbocycles. The molecule has 0 spiro atoms. The van der Waals surface area contributed by atoms with Crippen molar-refractivity contribution in [2.24, 2.45) is 0 Å². The molecule has 0 radical (unpaired) electrons. The van der Waals surface area contributed by atoms with Gasteiger partial charge in [0.1, 0.15) is 6.54 Å². The SMILES string of the molecule is Cc1nc(NC(=O)CN(CCC[NH+](C)C)C(=O)c2ccc3c(c2)OCO3)sc1C. The molecule has 0 atom stereocenters. The number of benzene rings is 1. The molecule has 0 bridgehead atoms. The van der Waals surface area contributed by atoms with Gasteiger partial charge in [-0.15, -0.1) is 11.3 Å². The summed E-state index contributed by atoms with van der Waals surface area (Å²) in [6.07, 6.45) is 0.793. The van der Waals surface area contributed by atoms with Crippen molar-refractivity contribution in [3.8, 4) is 11.5 Å². The largest absolute Gasteiger partial charge is 0.454 e. The Morgan fingerprint density at radius 1 is 1.24 bits per heavy atom. The molecule has 2 amide bonds. The van der Waals surface area contributed by atoms with Crippen LogP contribution in [-0.2, 0) is 4.79 Å². The second-order valence-electron chi connectivity index (χ2n) is 7.31. The first-order chi connectivity index (χ1) is 13.8. The van der Waals surface area contributed by atoms with E-state index in [0.717, 1.165) is 23.5 Å². The topological polar surface area (TPSA) is 85.2 Å². The summed E-state index contributed by atoms with van der Waals surface area (Å²) < 4.78 is 10.7. The van der Waals surface area contributed by atoms with Gasteiger partial charge in [0.2, 0.25) is 12.7 Å². The monoisotopic (exact) mass is 419 g/mol. The Labute approximate surface area is 174 Å². The van der Waals surface area contributed by atoms with Crippen LogP contribution in [0.5, 0.6) is 11.5 Å². The Morgan fingerprint density at radius 2 is 2.00 bits per heavy atom. The van der Waals surface area contributed by atoms with Gasteiger partial charge in [0.05, 0.1) is 26.3 Å². The maximum atomic E-state index is 13.1. The number of nitrogens with one attached hydrogen (secondary N) is 2. The van der Waals surface area contributed by atoms with Crippen LogP contribution in [0.15, 0.2) is 18.2 Å². The Morgan fingerprint density at radius 3 is 2.69 bits per heavy atom. The predicted octanol–water partition coefficient (Wildman–Crippen LogP) is 1.10. The van der Waals surface area contributed by atoms with Crippen molar-refractivity contribution in [2.75, 3.05) is 45.8 Å². The van der Waals surface area contributed by atoms with Crippen molar-refractivity contribution < 1.29 is 24.0 Å². The van der Waals surface area contributed by atoms with Crippen LogP contribution in [-0.4, -0.2) is 62.2 Å². The Balaban J connectivity index is 1.70. The zero-order valence-corrected chi connectivity index (χ0v) is 18.0. The molecule has 1 aromatic heterocycles. The average Bonchev–Trinajstić information content (AvgIpc) is 3.25. The van der Waals surface area contributed by atoms with Crippen molar-refractivity contribution in [1.82, 2.24) is 9.88 Å². The number of thiazole rings is 1. The molecule has 8 nitrogen and oxygen atoms in total. The summed E-state index contributed by atoms with van der Waals surface area (Å²) in [6.45, 7) is 5.37. The number of hydrogen-bond donors (Lipinski definition) is 2. The number of carbonyl (C=O) groups excluding carboxylic acids is 2. The fraction of sp³-hybridized carbons (Fsp3) is 0.450. The van der Waals surface area contributed by atoms with Gasteiger partial charge in [0.25, 0.3) is 5.91 Å². The minimum Gasteiger partial charge on any atom is -0.454 e. The lowest BCUT2D eigenvalue weighted by molar-refractivity contribution is -0.858. The van der Waals surface area contributed by atoms with Crippen LogP contribution in [0.25, 0.3) is 0 Å². The standard InChI is InChI=1S/C20H26N4O4S/c1-13-14(2)29-20(21-13)22-18(25)11-24(9-5-8-23(3)4)19(26)15-6-7-16-17(10-15)28-12-27-16/h6-7,10H,5,8-9,11-12H2,1-4H3,(H,21,22,25)/p+1. The van der Waals surface area contributed by atoms with Crippen LogP contribution >= 0.6 is 11.3 Å². The van der Waals surface area contributed by atoms with E-state index in [1.54, 1.807) is 23.1 Å². The summed E-state index contributed by atoms with van der Waals surface area (Å²) in [4.78, 5) is 33.9. The molecule has 0 unspecified atom stereocenters. The summed E-state index contributed by atoms with van der Waals surface area (Å²) in [5, 5.41) is 3.36. The van der Waals surface area contributed by atoms with Crippen molar-refractivity contribution in [2.45, 2.75) is 20.3 Å². The Kier molecular flexibility index (Phi) is 6.71. The minimum absolute atomic E-state index is 0.0340. The van der Waals surface area contributed by atoms with Crippen molar-refractivity contribution in [3.05, 3.63) is 34.3 Å². The average molecular weight is 420 g/mol. The molecule has 0 fully saturated rings. The van der Waals surface area contributed by atoms with Crippen LogP contribution < -0.4 is 19.7 Å². The third-order valence-corrected chi connectivity index (χ3v) is 5.61. The quantitative estimate of drug-likeness (QED) is 0.670. The molecule has 0 saturated carbocycles. The smallest absolute Gasteiger partial charge is 0.254 e. The fourth-order valence-corrected chi connectivity index (χ4v) is 3.78. The highest BCUT2D eigenvalue weighted by Crippen LogP contribution is 2.32. The van der Waals surface area contributed by atoms with Gasteiger partial charge < -0.3 is 24.6 Å². The number of amides is 2. The lowest BCUT2D eigenvalue weighted by Gasteiger charge is -2.22. The van der Waals surface area contributed by atoms with Gasteiger partial charge in [-0.05, 0) is 32.0 Å². The number of quaternary nitrogens is 1. The first kappa shape index (κ1) is 21.1. The minimum atomic E-state index is -0.259. The lowest BCUT2D eigenvalue weighted by Crippen LogP contribution is -3.05. The van der Waals surface area contributed by atoms with E-state index < -0.39 is 0 Å². The van der Waals surface area contributed by atoms with Gasteiger partial charge in [-0.2, -0.15) is 0 Å². The second kappa shape index (κ2) is 9.23. The first-order valence-corrected chi connectivity index (χ1v) is 10.4. The highest BCUT2D eigenvalue weighted by atomic mass is 32.1. The van der Waals surface area contributed by atoms with Gasteiger partial charge in [0, 0.05) is 23.4 Å². The number of aryl methyl sites for hydroxylation is 2. The van der Waals surface area contributed by atoms with E-state index in [-0.39, 0.29) is 25.2 Å². The molecular weight excluding hydrogens is 392 g/mol. The highest BCUT2D eigenvalue weighted by Gasteiger charge is 2.22. The van der Waals surface area contributed by atoms with Crippen molar-refractivity contribution in [1.29, 1.82) is 0 Å². The summed E-state index contributed by atoms with van der Waals surface area (Å²) in [6, 6.07) is 5.09. The Hall–Kier alpha value is -2.65. The number of carbonyl (C=O) groups is 2. The number of rotatable bonds is 8. The molecule has 1 aromatic carbocycles. The van der Waals surface area contributed by atoms with Gasteiger partial charge in [-0.1, -0.05) is 0 Å². The predicted molar refractivity (Wildman–Crippen MR) is 111 cm³/mol. The molecule has 2 aromatic rings. The maximum absolute atomic E-state index is 13.1. The molecule has 3 rings (SSSR count). The lowest BCUT2D eigenvalue weighted by atomic mass is 10.1. The normalized spacial score (nSPS) is 12.3. The van der Waals surface area contributed by atoms with Crippen LogP contribution in [0.1, 0.15) is 27.3 Å². The Bertz CT molecular complexity index is 877. The summed E-state index contributed by atoms with van der Waals surface area (Å²) in [5.41, 5.74) is 1.37. The molecule has 1 aliphatic rings. The second-order valence-corrected chi connectivity index (χ2v) is 8.52. The first-order valence-electron chi connectivity index (χ1n) is 9.55. The van der Waals surface area contributed by atoms with Gasteiger partial charge in [-0.25, -0.2) is 4.98 Å². The molecule has 0 saturated heterocycles. The highest BCUT2D eigenvalue weighted by molar-refractivity contribution is 7.15. The fourth-order valence-electron chi connectivity index (χ4n) is 2.95. The van der Waals surface area contributed by atoms with Gasteiger partial charge in [-0.3, -0.25) is 9.59 Å². The zero-order valence-electron chi connectivity index (χ0n) is 17.2. The molecule has 1 aliphatic heterocycles. The summed E-state index contributed by atoms with van der Waals surface area (Å²) in [7, 11) is 4.12. The van der Waals surface area contributed by atoms with E-state index in [0.29, 0.717) is 28.7 Å². The number of aromatic nitrogens is 1. The number of ether oxygens (including phenoxy) is 2. The maximum Gasteiger partial charge on any atom is 0.254 e. The summed E-state index contributed by atoms with van der Waals surface area (Å²) >= 11 is 1.43. The van der Waals surface area contributed by atoms with Gasteiger partial charge in [0.15, 0.2) is 16.6 Å². The number of fused-ring (bicyclic) bond motifs is 1. The van der Waals surface area contributed by atoms with Gasteiger partial charge >= 0.3 is 0 Å². The number of anilines is 1. The number of nitrogens with zero attached hydrogens (tertiary/aromatic N) is 2. The van der Waals surface area contributed by atoms with Crippen LogP contribution in [0.2, 0.25) is 0 Å². The van der Waals surface area contributed by atoms with Crippen LogP contribution in [0.4, 0.5) is 5.13 Å². The van der Waals surface area contributed by atoms with Crippen molar-refractivity contribution in [3.63, 3.8) is 0 Å². The molecule has 29 heavy (non-hydrogen) atoms. The van der Waals surface area contributed by atoms with E-state index in [1.165, 1.54) is 16.2 Å². The zero-order chi connectivity index (χ0) is 21.0. The molecular formula is C20H27N4O4S+. The van der Waals surface area contributed by atoms with E-state index in [9.17, 15) is 9.59 Å². The number of hydrogen-bond acceptors (Lipinski definition) is 6. The van der Waals surface area contributed by atoms with E-state index in [1.807, 2.05) is 13.8 Å². The van der Waals surface area contributed by atoms with Crippen molar-refractivity contribution >= 4 is 28.3 Å². The van der Waals surface area contributed by atoms with Crippen LogP contribution in [0, 0.1) is 13.8 Å². The molecule has 9 heteroatoms. The molecule has 2 heterocycles. The molecule has 156 valence electrons.